The SMILES string of the molecule is COc1ccccc1-n1c(O)c(C(=O)C=Cc2ccc(N(C)C)cc2)c(=O)[nH]c1=O. The molecule has 0 aliphatic carbocycles. The summed E-state index contributed by atoms with van der Waals surface area (Å²) in [6.07, 6.45) is 2.70. The Balaban J connectivity index is 2.03. The minimum atomic E-state index is -0.971. The number of allylic oxidation sites excluding steroid dienone is 1. The molecule has 0 saturated carbocycles. The fourth-order valence-corrected chi connectivity index (χ4v) is 2.92. The van der Waals surface area contributed by atoms with E-state index in [1.807, 2.05) is 43.3 Å². The van der Waals surface area contributed by atoms with Crippen LogP contribution in [0.25, 0.3) is 11.8 Å². The number of ketones is 1. The van der Waals surface area contributed by atoms with E-state index in [1.54, 1.807) is 18.2 Å². The van der Waals surface area contributed by atoms with Crippen molar-refractivity contribution in [2.75, 3.05) is 26.1 Å². The predicted molar refractivity (Wildman–Crippen MR) is 115 cm³/mol. The molecule has 8 nitrogen and oxygen atoms in total. The van der Waals surface area contributed by atoms with Crippen LogP contribution in [0.1, 0.15) is 15.9 Å². The number of carbonyl (C=O) groups excluding carboxylic acids is 1. The van der Waals surface area contributed by atoms with Crippen molar-refractivity contribution in [2.45, 2.75) is 0 Å². The lowest BCUT2D eigenvalue weighted by Gasteiger charge is -2.13. The zero-order valence-electron chi connectivity index (χ0n) is 16.7. The van der Waals surface area contributed by atoms with Gasteiger partial charge >= 0.3 is 5.69 Å². The van der Waals surface area contributed by atoms with Crippen LogP contribution in [0.5, 0.6) is 11.6 Å². The number of ether oxygens (including phenoxy) is 1. The summed E-state index contributed by atoms with van der Waals surface area (Å²) >= 11 is 0. The standard InChI is InChI=1S/C22H21N3O5/c1-24(2)15-11-8-14(9-12-15)10-13-17(26)19-20(27)23-22(29)25(21(19)28)16-6-4-5-7-18(16)30-3/h4-13,28H,1-3H3,(H,23,27,29). The van der Waals surface area contributed by atoms with Crippen LogP contribution in [0.15, 0.2) is 64.2 Å². The molecule has 1 aromatic heterocycles. The van der Waals surface area contributed by atoms with Crippen molar-refractivity contribution in [1.29, 1.82) is 0 Å². The van der Waals surface area contributed by atoms with E-state index >= 15 is 0 Å². The topological polar surface area (TPSA) is 105 Å². The lowest BCUT2D eigenvalue weighted by molar-refractivity contribution is 0.104. The number of carbonyl (C=O) groups is 1. The number of benzene rings is 2. The highest BCUT2D eigenvalue weighted by Crippen LogP contribution is 2.25. The van der Waals surface area contributed by atoms with Gasteiger partial charge < -0.3 is 14.7 Å². The Hall–Kier alpha value is -4.07. The molecule has 0 spiro atoms. The highest BCUT2D eigenvalue weighted by atomic mass is 16.5. The predicted octanol–water partition coefficient (Wildman–Crippen LogP) is 2.20. The molecule has 2 N–H and O–H groups in total. The van der Waals surface area contributed by atoms with Crippen LogP contribution in [0.3, 0.4) is 0 Å². The van der Waals surface area contributed by atoms with Gasteiger partial charge in [-0.25, -0.2) is 9.36 Å². The third-order valence-electron chi connectivity index (χ3n) is 4.50. The lowest BCUT2D eigenvalue weighted by Crippen LogP contribution is -2.32. The summed E-state index contributed by atoms with van der Waals surface area (Å²) in [4.78, 5) is 41.3. The molecule has 0 radical (unpaired) electrons. The van der Waals surface area contributed by atoms with Crippen LogP contribution >= 0.6 is 0 Å². The summed E-state index contributed by atoms with van der Waals surface area (Å²) in [6.45, 7) is 0. The molecule has 1 heterocycles. The molecule has 0 amide bonds. The van der Waals surface area contributed by atoms with Crippen LogP contribution in [0.2, 0.25) is 0 Å². The first-order valence-electron chi connectivity index (χ1n) is 9.05. The number of methoxy groups -OCH3 is 1. The van der Waals surface area contributed by atoms with Crippen molar-refractivity contribution in [3.63, 3.8) is 0 Å². The van der Waals surface area contributed by atoms with Gasteiger partial charge in [-0.3, -0.25) is 14.6 Å². The number of para-hydroxylation sites is 2. The van der Waals surface area contributed by atoms with Gasteiger partial charge in [0.25, 0.3) is 5.56 Å². The fraction of sp³-hybridized carbons (Fsp3) is 0.136. The average Bonchev–Trinajstić information content (AvgIpc) is 2.72. The largest absolute Gasteiger partial charge is 0.495 e. The Morgan fingerprint density at radius 2 is 1.77 bits per heavy atom. The molecule has 0 saturated heterocycles. The summed E-state index contributed by atoms with van der Waals surface area (Å²) in [5.41, 5.74) is -0.472. The molecule has 3 rings (SSSR count). The van der Waals surface area contributed by atoms with E-state index in [4.69, 9.17) is 4.74 Å². The number of aromatic hydroxyl groups is 1. The molecular weight excluding hydrogens is 386 g/mol. The fourth-order valence-electron chi connectivity index (χ4n) is 2.92. The molecular formula is C22H21N3O5. The van der Waals surface area contributed by atoms with E-state index in [9.17, 15) is 19.5 Å². The molecule has 154 valence electrons. The van der Waals surface area contributed by atoms with Gasteiger partial charge in [-0.1, -0.05) is 30.3 Å². The van der Waals surface area contributed by atoms with Gasteiger partial charge in [0.15, 0.2) is 5.78 Å². The van der Waals surface area contributed by atoms with E-state index in [2.05, 4.69) is 4.98 Å². The number of anilines is 1. The summed E-state index contributed by atoms with van der Waals surface area (Å²) in [7, 11) is 5.24. The summed E-state index contributed by atoms with van der Waals surface area (Å²) in [6, 6.07) is 13.8. The molecule has 0 aliphatic heterocycles. The van der Waals surface area contributed by atoms with Crippen molar-refractivity contribution in [3.8, 4) is 17.3 Å². The van der Waals surface area contributed by atoms with E-state index in [0.29, 0.717) is 0 Å². The number of rotatable bonds is 6. The smallest absolute Gasteiger partial charge is 0.335 e. The number of H-pyrrole nitrogens is 1. The van der Waals surface area contributed by atoms with Gasteiger partial charge in [-0.15, -0.1) is 0 Å². The Kier molecular flexibility index (Phi) is 5.87. The molecule has 0 bridgehead atoms. The molecule has 0 aliphatic rings. The summed E-state index contributed by atoms with van der Waals surface area (Å²) in [5.74, 6) is -1.21. The third kappa shape index (κ3) is 4.02. The number of aromatic amines is 1. The van der Waals surface area contributed by atoms with Gasteiger partial charge in [0.05, 0.1) is 12.8 Å². The average molecular weight is 407 g/mol. The molecule has 3 aromatic rings. The Morgan fingerprint density at radius 1 is 1.10 bits per heavy atom. The minimum absolute atomic E-state index is 0.191. The second-order valence-corrected chi connectivity index (χ2v) is 6.65. The van der Waals surface area contributed by atoms with Crippen molar-refractivity contribution >= 4 is 17.5 Å². The Labute approximate surface area is 172 Å². The summed E-state index contributed by atoms with van der Waals surface area (Å²) in [5, 5.41) is 10.6. The maximum Gasteiger partial charge on any atom is 0.335 e. The van der Waals surface area contributed by atoms with Crippen molar-refractivity contribution in [2.24, 2.45) is 0 Å². The van der Waals surface area contributed by atoms with Gasteiger partial charge in [-0.2, -0.15) is 0 Å². The highest BCUT2D eigenvalue weighted by molar-refractivity contribution is 6.08. The molecule has 0 atom stereocenters. The molecule has 0 fully saturated rings. The molecule has 2 aromatic carbocycles. The highest BCUT2D eigenvalue weighted by Gasteiger charge is 2.21. The third-order valence-corrected chi connectivity index (χ3v) is 4.50. The van der Waals surface area contributed by atoms with Gasteiger partial charge in [0.1, 0.15) is 11.3 Å². The van der Waals surface area contributed by atoms with E-state index in [0.717, 1.165) is 15.8 Å². The second-order valence-electron chi connectivity index (χ2n) is 6.65. The first-order chi connectivity index (χ1) is 14.3. The van der Waals surface area contributed by atoms with Crippen molar-refractivity contribution in [3.05, 3.63) is 86.6 Å². The number of hydrogen-bond acceptors (Lipinski definition) is 6. The molecule has 30 heavy (non-hydrogen) atoms. The van der Waals surface area contributed by atoms with E-state index in [-0.39, 0.29) is 11.4 Å². The number of aromatic nitrogens is 2. The van der Waals surface area contributed by atoms with Gasteiger partial charge in [0, 0.05) is 19.8 Å². The van der Waals surface area contributed by atoms with Crippen LogP contribution < -0.4 is 20.9 Å². The Bertz CT molecular complexity index is 1220. The zero-order chi connectivity index (χ0) is 21.8. The maximum absolute atomic E-state index is 12.7. The molecule has 0 unspecified atom stereocenters. The van der Waals surface area contributed by atoms with E-state index in [1.165, 1.54) is 25.3 Å². The first kappa shape index (κ1) is 20.7. The van der Waals surface area contributed by atoms with Crippen molar-refractivity contribution < 1.29 is 14.6 Å². The van der Waals surface area contributed by atoms with Gasteiger partial charge in [-0.05, 0) is 35.9 Å². The quantitative estimate of drug-likeness (QED) is 0.480. The molecule has 8 heteroatoms. The second kappa shape index (κ2) is 8.52. The van der Waals surface area contributed by atoms with Crippen LogP contribution in [-0.4, -0.2) is 41.6 Å². The number of nitrogens with one attached hydrogen (secondary N) is 1. The first-order valence-corrected chi connectivity index (χ1v) is 9.05. The normalized spacial score (nSPS) is 10.9. The monoisotopic (exact) mass is 407 g/mol. The Morgan fingerprint density at radius 3 is 2.40 bits per heavy atom. The van der Waals surface area contributed by atoms with Crippen molar-refractivity contribution in [1.82, 2.24) is 9.55 Å². The lowest BCUT2D eigenvalue weighted by atomic mass is 10.1. The minimum Gasteiger partial charge on any atom is -0.495 e. The van der Waals surface area contributed by atoms with Gasteiger partial charge in [0.2, 0.25) is 5.88 Å². The zero-order valence-corrected chi connectivity index (χ0v) is 16.7. The number of hydrogen-bond donors (Lipinski definition) is 2. The maximum atomic E-state index is 12.7. The van der Waals surface area contributed by atoms with Crippen LogP contribution in [0.4, 0.5) is 5.69 Å². The number of nitrogens with zero attached hydrogens (tertiary/aromatic N) is 2. The van der Waals surface area contributed by atoms with Crippen LogP contribution in [-0.2, 0) is 0 Å². The summed E-state index contributed by atoms with van der Waals surface area (Å²) < 4.78 is 6.03. The van der Waals surface area contributed by atoms with E-state index < -0.39 is 28.5 Å². The van der Waals surface area contributed by atoms with Crippen LogP contribution in [0, 0.1) is 0 Å².